The number of alkyl halides is 3. The number of ether oxygens (including phenoxy) is 2. The number of benzene rings is 2. The summed E-state index contributed by atoms with van der Waals surface area (Å²) in [5.74, 6) is -1.90. The average Bonchev–Trinajstić information content (AvgIpc) is 2.56. The molecule has 9 heteroatoms. The third-order valence-corrected chi connectivity index (χ3v) is 3.34. The minimum Gasteiger partial charge on any atom is -0.449 e. The molecule has 138 valence electrons. The van der Waals surface area contributed by atoms with Crippen LogP contribution in [0.15, 0.2) is 48.5 Å². The van der Waals surface area contributed by atoms with Crippen LogP contribution < -0.4 is 10.1 Å². The molecule has 1 N–H and O–H groups in total. The molecular weight excluding hydrogens is 375 g/mol. The monoisotopic (exact) mass is 387 g/mol. The highest BCUT2D eigenvalue weighted by atomic mass is 35.5. The van der Waals surface area contributed by atoms with Gasteiger partial charge in [-0.15, -0.1) is 13.2 Å². The first-order chi connectivity index (χ1) is 12.1. The Hall–Kier alpha value is -2.74. The summed E-state index contributed by atoms with van der Waals surface area (Å²) < 4.78 is 45.0. The van der Waals surface area contributed by atoms with Gasteiger partial charge in [-0.1, -0.05) is 11.6 Å². The maximum absolute atomic E-state index is 12.1. The maximum atomic E-state index is 12.1. The van der Waals surface area contributed by atoms with Crippen molar-refractivity contribution in [2.24, 2.45) is 0 Å². The molecule has 2 aromatic carbocycles. The number of anilines is 1. The molecule has 0 aliphatic heterocycles. The van der Waals surface area contributed by atoms with Crippen molar-refractivity contribution in [1.82, 2.24) is 0 Å². The van der Waals surface area contributed by atoms with E-state index in [9.17, 15) is 22.8 Å². The van der Waals surface area contributed by atoms with E-state index < -0.39 is 30.1 Å². The Balaban J connectivity index is 1.93. The molecule has 26 heavy (non-hydrogen) atoms. The lowest BCUT2D eigenvalue weighted by Gasteiger charge is -2.14. The van der Waals surface area contributed by atoms with Crippen LogP contribution >= 0.6 is 11.6 Å². The van der Waals surface area contributed by atoms with E-state index in [-0.39, 0.29) is 5.56 Å². The van der Waals surface area contributed by atoms with Crippen molar-refractivity contribution in [3.63, 3.8) is 0 Å². The molecule has 0 bridgehead atoms. The van der Waals surface area contributed by atoms with Gasteiger partial charge in [-0.3, -0.25) is 4.79 Å². The van der Waals surface area contributed by atoms with Gasteiger partial charge in [0, 0.05) is 10.7 Å². The number of rotatable bonds is 5. The standard InChI is InChI=1S/C17H13ClF3NO4/c1-10(15(23)22-13-6-4-12(18)5-7-13)25-16(24)11-2-8-14(9-3-11)26-17(19,20)21/h2-10H,1H3,(H,22,23)/t10-/m0/s1. The van der Waals surface area contributed by atoms with Gasteiger partial charge < -0.3 is 14.8 Å². The van der Waals surface area contributed by atoms with Gasteiger partial charge >= 0.3 is 12.3 Å². The normalized spacial score (nSPS) is 12.2. The molecule has 0 unspecified atom stereocenters. The third kappa shape index (κ3) is 5.96. The van der Waals surface area contributed by atoms with Crippen molar-refractivity contribution in [1.29, 1.82) is 0 Å². The van der Waals surface area contributed by atoms with Crippen molar-refractivity contribution in [2.45, 2.75) is 19.4 Å². The van der Waals surface area contributed by atoms with E-state index in [0.29, 0.717) is 10.7 Å². The number of hydrogen-bond donors (Lipinski definition) is 1. The number of nitrogens with one attached hydrogen (secondary N) is 1. The quantitative estimate of drug-likeness (QED) is 0.771. The second kappa shape index (κ2) is 8.09. The fourth-order valence-corrected chi connectivity index (χ4v) is 1.98. The minimum absolute atomic E-state index is 0.0225. The van der Waals surface area contributed by atoms with Crippen LogP contribution in [-0.2, 0) is 9.53 Å². The lowest BCUT2D eigenvalue weighted by atomic mass is 10.2. The van der Waals surface area contributed by atoms with E-state index in [1.54, 1.807) is 24.3 Å². The van der Waals surface area contributed by atoms with Crippen LogP contribution in [0.25, 0.3) is 0 Å². The Bertz CT molecular complexity index is 776. The van der Waals surface area contributed by atoms with Crippen LogP contribution in [0.2, 0.25) is 5.02 Å². The summed E-state index contributed by atoms with van der Waals surface area (Å²) in [5, 5.41) is 3.04. The van der Waals surface area contributed by atoms with Crippen molar-refractivity contribution >= 4 is 29.2 Å². The van der Waals surface area contributed by atoms with Gasteiger partial charge in [0.05, 0.1) is 5.56 Å². The summed E-state index contributed by atoms with van der Waals surface area (Å²) >= 11 is 5.74. The van der Waals surface area contributed by atoms with Gasteiger partial charge in [0.2, 0.25) is 0 Å². The molecule has 0 radical (unpaired) electrons. The molecule has 0 aliphatic rings. The van der Waals surface area contributed by atoms with E-state index in [1.165, 1.54) is 6.92 Å². The summed E-state index contributed by atoms with van der Waals surface area (Å²) in [6, 6.07) is 10.5. The summed E-state index contributed by atoms with van der Waals surface area (Å²) in [4.78, 5) is 24.0. The predicted molar refractivity (Wildman–Crippen MR) is 88.1 cm³/mol. The highest BCUT2D eigenvalue weighted by Gasteiger charge is 2.31. The molecule has 2 rings (SSSR count). The summed E-state index contributed by atoms with van der Waals surface area (Å²) in [6.07, 6.45) is -5.94. The smallest absolute Gasteiger partial charge is 0.449 e. The zero-order valence-electron chi connectivity index (χ0n) is 13.3. The molecule has 0 aliphatic carbocycles. The number of carbonyl (C=O) groups is 2. The van der Waals surface area contributed by atoms with E-state index in [2.05, 4.69) is 10.1 Å². The van der Waals surface area contributed by atoms with Gasteiger partial charge in [-0.25, -0.2) is 4.79 Å². The van der Waals surface area contributed by atoms with Gasteiger partial charge in [0.1, 0.15) is 5.75 Å². The lowest BCUT2D eigenvalue weighted by Crippen LogP contribution is -2.30. The molecule has 5 nitrogen and oxygen atoms in total. The molecule has 1 amide bonds. The fourth-order valence-electron chi connectivity index (χ4n) is 1.85. The van der Waals surface area contributed by atoms with Gasteiger partial charge in [-0.2, -0.15) is 0 Å². The lowest BCUT2D eigenvalue weighted by molar-refractivity contribution is -0.274. The van der Waals surface area contributed by atoms with Crippen molar-refractivity contribution in [3.05, 3.63) is 59.1 Å². The van der Waals surface area contributed by atoms with E-state index in [1.807, 2.05) is 0 Å². The van der Waals surface area contributed by atoms with Gasteiger partial charge in [0.15, 0.2) is 6.10 Å². The zero-order valence-corrected chi connectivity index (χ0v) is 14.1. The molecular formula is C17H13ClF3NO4. The molecule has 0 aromatic heterocycles. The average molecular weight is 388 g/mol. The van der Waals surface area contributed by atoms with Crippen LogP contribution in [0.3, 0.4) is 0 Å². The predicted octanol–water partition coefficient (Wildman–Crippen LogP) is 4.42. The fraction of sp³-hybridized carbons (Fsp3) is 0.176. The number of carbonyl (C=O) groups excluding carboxylic acids is 2. The van der Waals surface area contributed by atoms with Crippen molar-refractivity contribution in [3.8, 4) is 5.75 Å². The number of esters is 1. The van der Waals surface area contributed by atoms with Crippen molar-refractivity contribution in [2.75, 3.05) is 5.32 Å². The van der Waals surface area contributed by atoms with E-state index >= 15 is 0 Å². The summed E-state index contributed by atoms with van der Waals surface area (Å²) in [6.45, 7) is 1.37. The van der Waals surface area contributed by atoms with Crippen LogP contribution in [0, 0.1) is 0 Å². The molecule has 1 atom stereocenters. The molecule has 0 saturated carbocycles. The Morgan fingerprint density at radius 2 is 1.62 bits per heavy atom. The summed E-state index contributed by atoms with van der Waals surface area (Å²) in [7, 11) is 0. The van der Waals surface area contributed by atoms with Crippen molar-refractivity contribution < 1.29 is 32.2 Å². The highest BCUT2D eigenvalue weighted by molar-refractivity contribution is 6.30. The number of hydrogen-bond acceptors (Lipinski definition) is 4. The van der Waals surface area contributed by atoms with Crippen LogP contribution in [0.5, 0.6) is 5.75 Å². The summed E-state index contributed by atoms with van der Waals surface area (Å²) in [5.41, 5.74) is 0.446. The zero-order chi connectivity index (χ0) is 19.3. The maximum Gasteiger partial charge on any atom is 0.573 e. The Morgan fingerprint density at radius 3 is 2.15 bits per heavy atom. The first kappa shape index (κ1) is 19.6. The van der Waals surface area contributed by atoms with E-state index in [4.69, 9.17) is 16.3 Å². The van der Waals surface area contributed by atoms with Crippen LogP contribution in [-0.4, -0.2) is 24.3 Å². The largest absolute Gasteiger partial charge is 0.573 e. The molecule has 0 saturated heterocycles. The Kier molecular flexibility index (Phi) is 6.10. The number of halogens is 4. The van der Waals surface area contributed by atoms with Crippen LogP contribution in [0.1, 0.15) is 17.3 Å². The topological polar surface area (TPSA) is 64.6 Å². The molecule has 0 fully saturated rings. The minimum atomic E-state index is -4.82. The Labute approximate surface area is 151 Å². The number of amides is 1. The molecule has 0 spiro atoms. The molecule has 0 heterocycles. The van der Waals surface area contributed by atoms with E-state index in [0.717, 1.165) is 24.3 Å². The van der Waals surface area contributed by atoms with Crippen LogP contribution in [0.4, 0.5) is 18.9 Å². The van der Waals surface area contributed by atoms with Gasteiger partial charge in [0.25, 0.3) is 5.91 Å². The highest BCUT2D eigenvalue weighted by Crippen LogP contribution is 2.23. The first-order valence-corrected chi connectivity index (χ1v) is 7.65. The second-order valence-corrected chi connectivity index (χ2v) is 5.55. The van der Waals surface area contributed by atoms with Gasteiger partial charge in [-0.05, 0) is 55.5 Å². The Morgan fingerprint density at radius 1 is 1.04 bits per heavy atom. The third-order valence-electron chi connectivity index (χ3n) is 3.09. The SMILES string of the molecule is C[C@H](OC(=O)c1ccc(OC(F)(F)F)cc1)C(=O)Nc1ccc(Cl)cc1. The second-order valence-electron chi connectivity index (χ2n) is 5.12. The first-order valence-electron chi connectivity index (χ1n) is 7.27. The molecule has 2 aromatic rings.